The van der Waals surface area contributed by atoms with Crippen molar-refractivity contribution in [3.63, 3.8) is 0 Å². The van der Waals surface area contributed by atoms with Gasteiger partial charge in [0.1, 0.15) is 5.56 Å². The number of hydrogen-bond donors (Lipinski definition) is 2. The molecule has 0 aliphatic heterocycles. The van der Waals surface area contributed by atoms with Gasteiger partial charge in [0, 0.05) is 18.3 Å². The number of carboxylic acid groups (broad SMARTS) is 1. The first-order valence-corrected chi connectivity index (χ1v) is 6.70. The van der Waals surface area contributed by atoms with Crippen LogP contribution in [0.1, 0.15) is 16.8 Å². The molecular weight excluding hydrogens is 256 g/mol. The molecule has 98 valence electrons. The molecule has 0 amide bonds. The lowest BCUT2D eigenvalue weighted by Crippen LogP contribution is -2.06. The number of carbonyl (C=O) groups is 1. The van der Waals surface area contributed by atoms with Crippen LogP contribution in [0, 0.1) is 10.1 Å². The lowest BCUT2D eigenvalue weighted by Gasteiger charge is -2.06. The van der Waals surface area contributed by atoms with Gasteiger partial charge >= 0.3 is 5.97 Å². The highest BCUT2D eigenvalue weighted by Crippen LogP contribution is 2.23. The Morgan fingerprint density at radius 1 is 1.56 bits per heavy atom. The predicted octanol–water partition coefficient (Wildman–Crippen LogP) is 2.46. The molecule has 2 N–H and O–H groups in total. The van der Waals surface area contributed by atoms with Crippen molar-refractivity contribution in [2.75, 3.05) is 23.9 Å². The number of thioether (sulfide) groups is 1. The number of nitrogens with zero attached hydrogens (tertiary/aromatic N) is 1. The zero-order valence-corrected chi connectivity index (χ0v) is 10.7. The minimum atomic E-state index is -1.30. The summed E-state index contributed by atoms with van der Waals surface area (Å²) in [7, 11) is 0. The summed E-state index contributed by atoms with van der Waals surface area (Å²) in [5.41, 5.74) is -0.125. The molecule has 0 radical (unpaired) electrons. The maximum atomic E-state index is 10.8. The van der Waals surface area contributed by atoms with Crippen LogP contribution in [0.2, 0.25) is 0 Å². The van der Waals surface area contributed by atoms with Crippen LogP contribution in [-0.4, -0.2) is 34.6 Å². The lowest BCUT2D eigenvalue weighted by atomic mass is 10.1. The highest BCUT2D eigenvalue weighted by atomic mass is 32.2. The molecular formula is C11H14N2O4S. The van der Waals surface area contributed by atoms with Gasteiger partial charge in [-0.2, -0.15) is 11.8 Å². The van der Waals surface area contributed by atoms with Crippen molar-refractivity contribution in [1.82, 2.24) is 0 Å². The van der Waals surface area contributed by atoms with E-state index >= 15 is 0 Å². The van der Waals surface area contributed by atoms with E-state index in [9.17, 15) is 14.9 Å². The quantitative estimate of drug-likeness (QED) is 0.449. The third-order valence-electron chi connectivity index (χ3n) is 2.28. The molecule has 0 aliphatic carbocycles. The van der Waals surface area contributed by atoms with Crippen molar-refractivity contribution < 1.29 is 14.8 Å². The van der Waals surface area contributed by atoms with Gasteiger partial charge in [-0.15, -0.1) is 0 Å². The maximum Gasteiger partial charge on any atom is 0.342 e. The van der Waals surface area contributed by atoms with Gasteiger partial charge in [0.15, 0.2) is 0 Å². The van der Waals surface area contributed by atoms with Crippen molar-refractivity contribution >= 4 is 29.1 Å². The second-order valence-electron chi connectivity index (χ2n) is 3.57. The minimum absolute atomic E-state index is 0.297. The van der Waals surface area contributed by atoms with Crippen molar-refractivity contribution in [3.05, 3.63) is 33.9 Å². The highest BCUT2D eigenvalue weighted by Gasteiger charge is 2.19. The van der Waals surface area contributed by atoms with Crippen LogP contribution < -0.4 is 5.32 Å². The van der Waals surface area contributed by atoms with Crippen molar-refractivity contribution in [2.24, 2.45) is 0 Å². The Morgan fingerprint density at radius 3 is 2.83 bits per heavy atom. The molecule has 1 aromatic rings. The Morgan fingerprint density at radius 2 is 2.28 bits per heavy atom. The Balaban J connectivity index is 2.80. The van der Waals surface area contributed by atoms with E-state index in [0.717, 1.165) is 12.2 Å². The number of anilines is 1. The Bertz CT molecular complexity index is 451. The maximum absolute atomic E-state index is 10.8. The van der Waals surface area contributed by atoms with Crippen LogP contribution in [0.3, 0.4) is 0 Å². The van der Waals surface area contributed by atoms with Crippen molar-refractivity contribution in [3.8, 4) is 0 Å². The molecule has 1 rings (SSSR count). The molecule has 0 unspecified atom stereocenters. The summed E-state index contributed by atoms with van der Waals surface area (Å²) < 4.78 is 0. The summed E-state index contributed by atoms with van der Waals surface area (Å²) in [5, 5.41) is 22.6. The van der Waals surface area contributed by atoms with Gasteiger partial charge in [0.25, 0.3) is 5.69 Å². The van der Waals surface area contributed by atoms with Gasteiger partial charge in [-0.3, -0.25) is 10.1 Å². The van der Waals surface area contributed by atoms with E-state index in [1.54, 1.807) is 11.8 Å². The average molecular weight is 270 g/mol. The Kier molecular flexibility index (Phi) is 5.44. The van der Waals surface area contributed by atoms with Crippen LogP contribution in [0.25, 0.3) is 0 Å². The molecule has 18 heavy (non-hydrogen) atoms. The van der Waals surface area contributed by atoms with Crippen LogP contribution in [0.5, 0.6) is 0 Å². The molecule has 0 aliphatic rings. The SMILES string of the molecule is CSCCCNc1ccc(C(=O)O)c([N+](=O)[O-])c1. The average Bonchev–Trinajstić information content (AvgIpc) is 2.34. The molecule has 0 spiro atoms. The molecule has 0 fully saturated rings. The van der Waals surface area contributed by atoms with Crippen LogP contribution >= 0.6 is 11.8 Å². The monoisotopic (exact) mass is 270 g/mol. The first kappa shape index (κ1) is 14.3. The van der Waals surface area contributed by atoms with Crippen molar-refractivity contribution in [1.29, 1.82) is 0 Å². The number of nitrogens with one attached hydrogen (secondary N) is 1. The number of aromatic carboxylic acids is 1. The van der Waals surface area contributed by atoms with E-state index in [1.165, 1.54) is 18.2 Å². The fourth-order valence-electron chi connectivity index (χ4n) is 1.42. The van der Waals surface area contributed by atoms with E-state index < -0.39 is 16.6 Å². The van der Waals surface area contributed by atoms with Gasteiger partial charge in [-0.25, -0.2) is 4.79 Å². The molecule has 0 bridgehead atoms. The third-order valence-corrected chi connectivity index (χ3v) is 2.98. The Hall–Kier alpha value is -1.76. The van der Waals surface area contributed by atoms with Gasteiger partial charge in [-0.05, 0) is 30.6 Å². The van der Waals surface area contributed by atoms with E-state index in [2.05, 4.69) is 5.32 Å². The molecule has 0 atom stereocenters. The normalized spacial score (nSPS) is 10.1. The number of benzene rings is 1. The van der Waals surface area contributed by atoms with Gasteiger partial charge in [-0.1, -0.05) is 0 Å². The number of nitro benzene ring substituents is 1. The molecule has 0 saturated heterocycles. The molecule has 0 aromatic heterocycles. The fourth-order valence-corrected chi connectivity index (χ4v) is 1.86. The summed E-state index contributed by atoms with van der Waals surface area (Å²) >= 11 is 1.73. The van der Waals surface area contributed by atoms with Gasteiger partial charge < -0.3 is 10.4 Å². The standard InChI is InChI=1S/C11H14N2O4S/c1-18-6-2-5-12-8-3-4-9(11(14)15)10(7-8)13(16)17/h3-4,7,12H,2,5-6H2,1H3,(H,14,15). The Labute approximate surface area is 109 Å². The fraction of sp³-hybridized carbons (Fsp3) is 0.364. The summed E-state index contributed by atoms with van der Waals surface area (Å²) in [5.74, 6) is -0.293. The first-order chi connectivity index (χ1) is 8.56. The van der Waals surface area contributed by atoms with Gasteiger partial charge in [0.2, 0.25) is 0 Å². The molecule has 0 heterocycles. The summed E-state index contributed by atoms with van der Waals surface area (Å²) in [4.78, 5) is 20.9. The summed E-state index contributed by atoms with van der Waals surface area (Å²) in [6.45, 7) is 0.699. The highest BCUT2D eigenvalue weighted by molar-refractivity contribution is 7.98. The van der Waals surface area contributed by atoms with Crippen LogP contribution in [0.4, 0.5) is 11.4 Å². The number of carboxylic acids is 1. The first-order valence-electron chi connectivity index (χ1n) is 5.30. The smallest absolute Gasteiger partial charge is 0.342 e. The molecule has 1 aromatic carbocycles. The van der Waals surface area contributed by atoms with Crippen LogP contribution in [0.15, 0.2) is 18.2 Å². The van der Waals surface area contributed by atoms with E-state index in [0.29, 0.717) is 12.2 Å². The van der Waals surface area contributed by atoms with E-state index in [1.807, 2.05) is 6.26 Å². The molecule has 6 nitrogen and oxygen atoms in total. The van der Waals surface area contributed by atoms with Gasteiger partial charge in [0.05, 0.1) is 4.92 Å². The number of rotatable bonds is 7. The third kappa shape index (κ3) is 3.92. The summed E-state index contributed by atoms with van der Waals surface area (Å²) in [6.07, 6.45) is 2.95. The number of hydrogen-bond acceptors (Lipinski definition) is 5. The zero-order valence-electron chi connectivity index (χ0n) is 9.88. The summed E-state index contributed by atoms with van der Waals surface area (Å²) in [6, 6.07) is 4.04. The topological polar surface area (TPSA) is 92.5 Å². The number of nitro groups is 1. The molecule has 7 heteroatoms. The lowest BCUT2D eigenvalue weighted by molar-refractivity contribution is -0.385. The predicted molar refractivity (Wildman–Crippen MR) is 71.5 cm³/mol. The zero-order chi connectivity index (χ0) is 13.5. The van der Waals surface area contributed by atoms with E-state index in [4.69, 9.17) is 5.11 Å². The second kappa shape index (κ2) is 6.85. The van der Waals surface area contributed by atoms with Crippen LogP contribution in [-0.2, 0) is 0 Å². The second-order valence-corrected chi connectivity index (χ2v) is 4.55. The minimum Gasteiger partial charge on any atom is -0.477 e. The molecule has 0 saturated carbocycles. The van der Waals surface area contributed by atoms with E-state index in [-0.39, 0.29) is 5.56 Å². The largest absolute Gasteiger partial charge is 0.477 e. The van der Waals surface area contributed by atoms with Crippen molar-refractivity contribution in [2.45, 2.75) is 6.42 Å².